The lowest BCUT2D eigenvalue weighted by Crippen LogP contribution is -2.29. The molecule has 0 aliphatic heterocycles. The molecule has 0 unspecified atom stereocenters. The maximum absolute atomic E-state index is 13.6. The standard InChI is InChI=1S/C24H30FNO3/c1-4-29-24(27)13-17-5-7-18(8-6-17)20-9-11-21(14-20)26-16(2)19-10-12-22(25)23(15-19)28-3/h5-8,10,12,15-16,20-21,26H,4,9,11,13-14H2,1-3H3/t16-,20-,21+/m1/s1. The first-order valence-electron chi connectivity index (χ1n) is 10.3. The van der Waals surface area contributed by atoms with Crippen LogP contribution in [0.4, 0.5) is 4.39 Å². The van der Waals surface area contributed by atoms with Gasteiger partial charge in [0.05, 0.1) is 20.1 Å². The molecule has 3 atom stereocenters. The van der Waals surface area contributed by atoms with Gasteiger partial charge in [-0.15, -0.1) is 0 Å². The fraction of sp³-hybridized carbons (Fsp3) is 0.458. The van der Waals surface area contributed by atoms with Crippen molar-refractivity contribution in [3.8, 4) is 5.75 Å². The van der Waals surface area contributed by atoms with Gasteiger partial charge in [-0.3, -0.25) is 4.79 Å². The van der Waals surface area contributed by atoms with E-state index in [0.29, 0.717) is 25.0 Å². The lowest BCUT2D eigenvalue weighted by molar-refractivity contribution is -0.142. The molecular formula is C24H30FNO3. The number of methoxy groups -OCH3 is 1. The van der Waals surface area contributed by atoms with Crippen LogP contribution in [-0.4, -0.2) is 25.7 Å². The van der Waals surface area contributed by atoms with Crippen molar-refractivity contribution in [3.63, 3.8) is 0 Å². The number of esters is 1. The summed E-state index contributed by atoms with van der Waals surface area (Å²) in [6.07, 6.45) is 3.63. The first-order valence-corrected chi connectivity index (χ1v) is 10.3. The predicted molar refractivity (Wildman–Crippen MR) is 112 cm³/mol. The van der Waals surface area contributed by atoms with E-state index in [1.54, 1.807) is 6.07 Å². The summed E-state index contributed by atoms with van der Waals surface area (Å²) in [5, 5.41) is 3.68. The molecule has 156 valence electrons. The summed E-state index contributed by atoms with van der Waals surface area (Å²) < 4.78 is 23.7. The van der Waals surface area contributed by atoms with Crippen LogP contribution in [0.2, 0.25) is 0 Å². The lowest BCUT2D eigenvalue weighted by Gasteiger charge is -2.21. The summed E-state index contributed by atoms with van der Waals surface area (Å²) in [6, 6.07) is 13.9. The molecule has 2 aromatic carbocycles. The number of rotatable bonds is 8. The average molecular weight is 400 g/mol. The second-order valence-corrected chi connectivity index (χ2v) is 7.71. The second-order valence-electron chi connectivity index (χ2n) is 7.71. The molecule has 29 heavy (non-hydrogen) atoms. The van der Waals surface area contributed by atoms with Crippen LogP contribution in [0.5, 0.6) is 5.75 Å². The Morgan fingerprint density at radius 2 is 1.97 bits per heavy atom. The van der Waals surface area contributed by atoms with Crippen molar-refractivity contribution in [1.29, 1.82) is 0 Å². The molecule has 0 saturated heterocycles. The minimum Gasteiger partial charge on any atom is -0.494 e. The molecule has 3 rings (SSSR count). The van der Waals surface area contributed by atoms with Gasteiger partial charge in [-0.1, -0.05) is 30.3 Å². The van der Waals surface area contributed by atoms with Crippen molar-refractivity contribution in [2.45, 2.75) is 57.5 Å². The highest BCUT2D eigenvalue weighted by molar-refractivity contribution is 5.72. The van der Waals surface area contributed by atoms with Crippen LogP contribution in [-0.2, 0) is 16.0 Å². The van der Waals surface area contributed by atoms with E-state index in [-0.39, 0.29) is 23.6 Å². The van der Waals surface area contributed by atoms with Crippen molar-refractivity contribution < 1.29 is 18.7 Å². The van der Waals surface area contributed by atoms with Gasteiger partial charge < -0.3 is 14.8 Å². The zero-order chi connectivity index (χ0) is 20.8. The Morgan fingerprint density at radius 1 is 1.21 bits per heavy atom. The first-order chi connectivity index (χ1) is 14.0. The molecule has 2 aromatic rings. The van der Waals surface area contributed by atoms with E-state index in [1.807, 2.05) is 25.1 Å². The molecule has 1 fully saturated rings. The van der Waals surface area contributed by atoms with Gasteiger partial charge in [-0.2, -0.15) is 0 Å². The van der Waals surface area contributed by atoms with E-state index < -0.39 is 0 Å². The molecule has 1 saturated carbocycles. The monoisotopic (exact) mass is 399 g/mol. The van der Waals surface area contributed by atoms with Crippen LogP contribution in [0.15, 0.2) is 42.5 Å². The van der Waals surface area contributed by atoms with Crippen molar-refractivity contribution in [2.24, 2.45) is 0 Å². The van der Waals surface area contributed by atoms with Gasteiger partial charge in [0.15, 0.2) is 11.6 Å². The molecular weight excluding hydrogens is 369 g/mol. The van der Waals surface area contributed by atoms with E-state index in [4.69, 9.17) is 9.47 Å². The molecule has 5 heteroatoms. The van der Waals surface area contributed by atoms with Gasteiger partial charge in [0.2, 0.25) is 0 Å². The molecule has 0 heterocycles. The van der Waals surface area contributed by atoms with Crippen LogP contribution in [0.1, 0.15) is 61.8 Å². The van der Waals surface area contributed by atoms with Crippen LogP contribution >= 0.6 is 0 Å². The summed E-state index contributed by atoms with van der Waals surface area (Å²) in [7, 11) is 1.49. The largest absolute Gasteiger partial charge is 0.494 e. The Balaban J connectivity index is 1.55. The third-order valence-corrected chi connectivity index (χ3v) is 5.70. The van der Waals surface area contributed by atoms with E-state index in [9.17, 15) is 9.18 Å². The molecule has 0 bridgehead atoms. The number of halogens is 1. The summed E-state index contributed by atoms with van der Waals surface area (Å²) >= 11 is 0. The van der Waals surface area contributed by atoms with Gasteiger partial charge in [0, 0.05) is 12.1 Å². The number of carbonyl (C=O) groups is 1. The minimum atomic E-state index is -0.337. The highest BCUT2D eigenvalue weighted by atomic mass is 19.1. The molecule has 0 amide bonds. The molecule has 4 nitrogen and oxygen atoms in total. The average Bonchev–Trinajstić information content (AvgIpc) is 3.17. The van der Waals surface area contributed by atoms with Crippen molar-refractivity contribution >= 4 is 5.97 Å². The Morgan fingerprint density at radius 3 is 2.66 bits per heavy atom. The van der Waals surface area contributed by atoms with Crippen molar-refractivity contribution in [2.75, 3.05) is 13.7 Å². The molecule has 0 aromatic heterocycles. The smallest absolute Gasteiger partial charge is 0.310 e. The van der Waals surface area contributed by atoms with Gasteiger partial charge >= 0.3 is 5.97 Å². The SMILES string of the molecule is CCOC(=O)Cc1ccc([C@@H]2CC[C@H](N[C@H](C)c3ccc(F)c(OC)c3)C2)cc1. The quantitative estimate of drug-likeness (QED) is 0.640. The Hall–Kier alpha value is -2.40. The number of hydrogen-bond donors (Lipinski definition) is 1. The number of benzene rings is 2. The zero-order valence-corrected chi connectivity index (χ0v) is 17.4. The Kier molecular flexibility index (Phi) is 7.26. The molecule has 0 radical (unpaired) electrons. The topological polar surface area (TPSA) is 47.6 Å². The van der Waals surface area contributed by atoms with E-state index >= 15 is 0 Å². The highest BCUT2D eigenvalue weighted by Crippen LogP contribution is 2.36. The van der Waals surface area contributed by atoms with Gasteiger partial charge in [-0.05, 0) is 67.9 Å². The van der Waals surface area contributed by atoms with E-state index in [0.717, 1.165) is 30.4 Å². The molecule has 1 aliphatic rings. The summed E-state index contributed by atoms with van der Waals surface area (Å²) in [5.41, 5.74) is 3.33. The highest BCUT2D eigenvalue weighted by Gasteiger charge is 2.27. The van der Waals surface area contributed by atoms with Gasteiger partial charge in [0.1, 0.15) is 0 Å². The number of ether oxygens (including phenoxy) is 2. The van der Waals surface area contributed by atoms with Crippen molar-refractivity contribution in [1.82, 2.24) is 5.32 Å². The van der Waals surface area contributed by atoms with E-state index in [1.165, 1.54) is 18.7 Å². The van der Waals surface area contributed by atoms with Crippen molar-refractivity contribution in [3.05, 3.63) is 65.0 Å². The normalized spacial score (nSPS) is 19.7. The van der Waals surface area contributed by atoms with Gasteiger partial charge in [0.25, 0.3) is 0 Å². The van der Waals surface area contributed by atoms with Crippen LogP contribution < -0.4 is 10.1 Å². The lowest BCUT2D eigenvalue weighted by atomic mass is 9.96. The maximum Gasteiger partial charge on any atom is 0.310 e. The Labute approximate surface area is 172 Å². The fourth-order valence-electron chi connectivity index (χ4n) is 4.12. The van der Waals surface area contributed by atoms with E-state index in [2.05, 4.69) is 24.4 Å². The second kappa shape index (κ2) is 9.88. The number of hydrogen-bond acceptors (Lipinski definition) is 4. The maximum atomic E-state index is 13.6. The third-order valence-electron chi connectivity index (χ3n) is 5.70. The molecule has 0 spiro atoms. The van der Waals surface area contributed by atoms with Crippen LogP contribution in [0, 0.1) is 5.82 Å². The fourth-order valence-corrected chi connectivity index (χ4v) is 4.12. The molecule has 1 aliphatic carbocycles. The third kappa shape index (κ3) is 5.57. The summed E-state index contributed by atoms with van der Waals surface area (Å²) in [5.74, 6) is 0.273. The summed E-state index contributed by atoms with van der Waals surface area (Å²) in [6.45, 7) is 4.33. The number of carbonyl (C=O) groups excluding carboxylic acids is 1. The minimum absolute atomic E-state index is 0.125. The molecule has 1 N–H and O–H groups in total. The van der Waals surface area contributed by atoms with Crippen LogP contribution in [0.25, 0.3) is 0 Å². The summed E-state index contributed by atoms with van der Waals surface area (Å²) in [4.78, 5) is 11.6. The predicted octanol–water partition coefficient (Wildman–Crippen LogP) is 4.93. The first kappa shape index (κ1) is 21.3. The Bertz CT molecular complexity index is 821. The zero-order valence-electron chi connectivity index (χ0n) is 17.4. The van der Waals surface area contributed by atoms with Gasteiger partial charge in [-0.25, -0.2) is 4.39 Å². The van der Waals surface area contributed by atoms with Crippen LogP contribution in [0.3, 0.4) is 0 Å². The number of nitrogens with one attached hydrogen (secondary N) is 1.